The van der Waals surface area contributed by atoms with Crippen LogP contribution in [0, 0.1) is 11.8 Å². The van der Waals surface area contributed by atoms with Gasteiger partial charge in [0.1, 0.15) is 0 Å². The summed E-state index contributed by atoms with van der Waals surface area (Å²) in [5.41, 5.74) is 0. The molecule has 2 heterocycles. The van der Waals surface area contributed by atoms with E-state index < -0.39 is 0 Å². The molecule has 0 aromatic heterocycles. The molecule has 3 atom stereocenters. The Kier molecular flexibility index (Phi) is 4.40. The lowest BCUT2D eigenvalue weighted by Gasteiger charge is -2.34. The first-order valence-corrected chi connectivity index (χ1v) is 6.77. The first-order valence-electron chi connectivity index (χ1n) is 6.77. The SMILES string of the molecule is CNCC1CCCN1C(=O)C1CCOCC1C. The third-order valence-electron chi connectivity index (χ3n) is 4.06. The summed E-state index contributed by atoms with van der Waals surface area (Å²) in [6, 6.07) is 0.405. The van der Waals surface area contributed by atoms with Crippen LogP contribution in [-0.4, -0.2) is 50.2 Å². The number of rotatable bonds is 3. The van der Waals surface area contributed by atoms with Gasteiger partial charge in [-0.15, -0.1) is 0 Å². The second kappa shape index (κ2) is 5.83. The third kappa shape index (κ3) is 2.80. The largest absolute Gasteiger partial charge is 0.381 e. The molecule has 4 nitrogen and oxygen atoms in total. The first-order chi connectivity index (χ1) is 8.24. The molecule has 2 aliphatic heterocycles. The van der Waals surface area contributed by atoms with Gasteiger partial charge in [-0.1, -0.05) is 6.92 Å². The minimum absolute atomic E-state index is 0.182. The minimum Gasteiger partial charge on any atom is -0.381 e. The van der Waals surface area contributed by atoms with Crippen molar-refractivity contribution < 1.29 is 9.53 Å². The number of hydrogen-bond acceptors (Lipinski definition) is 3. The molecular weight excluding hydrogens is 216 g/mol. The van der Waals surface area contributed by atoms with Crippen molar-refractivity contribution in [1.29, 1.82) is 0 Å². The van der Waals surface area contributed by atoms with E-state index in [4.69, 9.17) is 4.74 Å². The van der Waals surface area contributed by atoms with Crippen molar-refractivity contribution >= 4 is 5.91 Å². The van der Waals surface area contributed by atoms with Gasteiger partial charge in [-0.2, -0.15) is 0 Å². The number of likely N-dealkylation sites (tertiary alicyclic amines) is 1. The Balaban J connectivity index is 1.97. The van der Waals surface area contributed by atoms with Crippen molar-refractivity contribution in [3.8, 4) is 0 Å². The highest BCUT2D eigenvalue weighted by Gasteiger charge is 2.36. The lowest BCUT2D eigenvalue weighted by Crippen LogP contribution is -2.46. The van der Waals surface area contributed by atoms with Gasteiger partial charge in [0.2, 0.25) is 5.91 Å². The molecule has 1 amide bonds. The van der Waals surface area contributed by atoms with Gasteiger partial charge in [0, 0.05) is 38.3 Å². The summed E-state index contributed by atoms with van der Waals surface area (Å²) >= 11 is 0. The molecule has 1 N–H and O–H groups in total. The van der Waals surface area contributed by atoms with Crippen LogP contribution < -0.4 is 5.32 Å². The summed E-state index contributed by atoms with van der Waals surface area (Å²) in [7, 11) is 1.96. The van der Waals surface area contributed by atoms with E-state index in [0.29, 0.717) is 17.9 Å². The first kappa shape index (κ1) is 12.8. The molecule has 2 fully saturated rings. The van der Waals surface area contributed by atoms with Gasteiger partial charge in [0.05, 0.1) is 0 Å². The molecule has 0 aromatic rings. The summed E-state index contributed by atoms with van der Waals surface area (Å²) in [5.74, 6) is 0.909. The molecule has 0 aliphatic carbocycles. The molecule has 3 unspecified atom stereocenters. The number of amides is 1. The standard InChI is InChI=1S/C13H24N2O2/c1-10-9-17-7-5-12(10)13(16)15-6-3-4-11(15)8-14-2/h10-12,14H,3-9H2,1-2H3. The van der Waals surface area contributed by atoms with Gasteiger partial charge in [-0.3, -0.25) is 4.79 Å². The zero-order valence-electron chi connectivity index (χ0n) is 10.9. The fourth-order valence-electron chi connectivity index (χ4n) is 3.03. The maximum atomic E-state index is 12.5. The molecule has 0 spiro atoms. The summed E-state index contributed by atoms with van der Waals surface area (Å²) in [4.78, 5) is 14.6. The number of nitrogens with zero attached hydrogens (tertiary/aromatic N) is 1. The molecule has 17 heavy (non-hydrogen) atoms. The molecule has 4 heteroatoms. The van der Waals surface area contributed by atoms with Gasteiger partial charge in [-0.25, -0.2) is 0 Å². The third-order valence-corrected chi connectivity index (χ3v) is 4.06. The van der Waals surface area contributed by atoms with Gasteiger partial charge in [-0.05, 0) is 32.2 Å². The molecular formula is C13H24N2O2. The van der Waals surface area contributed by atoms with Crippen LogP contribution in [0.2, 0.25) is 0 Å². The number of nitrogens with one attached hydrogen (secondary N) is 1. The van der Waals surface area contributed by atoms with Crippen LogP contribution in [0.15, 0.2) is 0 Å². The van der Waals surface area contributed by atoms with Crippen molar-refractivity contribution in [2.24, 2.45) is 11.8 Å². The average Bonchev–Trinajstić information content (AvgIpc) is 2.78. The predicted octanol–water partition coefficient (Wildman–Crippen LogP) is 0.869. The maximum Gasteiger partial charge on any atom is 0.226 e. The van der Waals surface area contributed by atoms with E-state index in [1.807, 2.05) is 7.05 Å². The van der Waals surface area contributed by atoms with E-state index in [9.17, 15) is 4.79 Å². The van der Waals surface area contributed by atoms with Crippen LogP contribution >= 0.6 is 0 Å². The quantitative estimate of drug-likeness (QED) is 0.796. The molecule has 98 valence electrons. The number of carbonyl (C=O) groups is 1. The number of likely N-dealkylation sites (N-methyl/N-ethyl adjacent to an activating group) is 1. The van der Waals surface area contributed by atoms with E-state index in [2.05, 4.69) is 17.1 Å². The minimum atomic E-state index is 0.182. The highest BCUT2D eigenvalue weighted by atomic mass is 16.5. The van der Waals surface area contributed by atoms with Crippen LogP contribution in [-0.2, 0) is 9.53 Å². The number of hydrogen-bond donors (Lipinski definition) is 1. The second-order valence-electron chi connectivity index (χ2n) is 5.33. The summed E-state index contributed by atoms with van der Waals surface area (Å²) < 4.78 is 5.42. The van der Waals surface area contributed by atoms with Gasteiger partial charge < -0.3 is 15.0 Å². The topological polar surface area (TPSA) is 41.6 Å². The Morgan fingerprint density at radius 1 is 1.47 bits per heavy atom. The van der Waals surface area contributed by atoms with Gasteiger partial charge >= 0.3 is 0 Å². The summed E-state index contributed by atoms with van der Waals surface area (Å²) in [6.45, 7) is 5.47. The van der Waals surface area contributed by atoms with E-state index in [-0.39, 0.29) is 5.92 Å². The van der Waals surface area contributed by atoms with E-state index in [1.165, 1.54) is 0 Å². The lowest BCUT2D eigenvalue weighted by atomic mass is 9.88. The Labute approximate surface area is 104 Å². The van der Waals surface area contributed by atoms with Crippen LogP contribution in [0.3, 0.4) is 0 Å². The molecule has 0 radical (unpaired) electrons. The molecule has 2 saturated heterocycles. The zero-order chi connectivity index (χ0) is 12.3. The Hall–Kier alpha value is -0.610. The van der Waals surface area contributed by atoms with Crippen LogP contribution in [0.4, 0.5) is 0 Å². The molecule has 0 saturated carbocycles. The average molecular weight is 240 g/mol. The Morgan fingerprint density at radius 2 is 2.29 bits per heavy atom. The number of carbonyl (C=O) groups excluding carboxylic acids is 1. The second-order valence-corrected chi connectivity index (χ2v) is 5.33. The van der Waals surface area contributed by atoms with Crippen molar-refractivity contribution in [1.82, 2.24) is 10.2 Å². The van der Waals surface area contributed by atoms with Crippen molar-refractivity contribution in [3.63, 3.8) is 0 Å². The Bertz CT molecular complexity index is 270. The smallest absolute Gasteiger partial charge is 0.226 e. The predicted molar refractivity (Wildman–Crippen MR) is 66.8 cm³/mol. The Morgan fingerprint density at radius 3 is 3.00 bits per heavy atom. The number of ether oxygens (including phenoxy) is 1. The summed E-state index contributed by atoms with van der Waals surface area (Å²) in [5, 5.41) is 3.19. The normalized spacial score (nSPS) is 34.0. The molecule has 2 aliphatic rings. The summed E-state index contributed by atoms with van der Waals surface area (Å²) in [6.07, 6.45) is 3.18. The molecule has 2 rings (SSSR count). The highest BCUT2D eigenvalue weighted by Crippen LogP contribution is 2.27. The van der Waals surface area contributed by atoms with Crippen molar-refractivity contribution in [2.75, 3.05) is 33.4 Å². The monoisotopic (exact) mass is 240 g/mol. The van der Waals surface area contributed by atoms with Crippen LogP contribution in [0.1, 0.15) is 26.2 Å². The molecule has 0 bridgehead atoms. The van der Waals surface area contributed by atoms with E-state index in [0.717, 1.165) is 45.6 Å². The maximum absolute atomic E-state index is 12.5. The van der Waals surface area contributed by atoms with Crippen LogP contribution in [0.5, 0.6) is 0 Å². The molecule has 0 aromatic carbocycles. The van der Waals surface area contributed by atoms with E-state index >= 15 is 0 Å². The van der Waals surface area contributed by atoms with Crippen LogP contribution in [0.25, 0.3) is 0 Å². The fraction of sp³-hybridized carbons (Fsp3) is 0.923. The highest BCUT2D eigenvalue weighted by molar-refractivity contribution is 5.79. The van der Waals surface area contributed by atoms with Gasteiger partial charge in [0.25, 0.3) is 0 Å². The zero-order valence-corrected chi connectivity index (χ0v) is 10.9. The van der Waals surface area contributed by atoms with Crippen molar-refractivity contribution in [2.45, 2.75) is 32.2 Å². The van der Waals surface area contributed by atoms with Crippen molar-refractivity contribution in [3.05, 3.63) is 0 Å². The lowest BCUT2D eigenvalue weighted by molar-refractivity contribution is -0.142. The van der Waals surface area contributed by atoms with Gasteiger partial charge in [0.15, 0.2) is 0 Å². The fourth-order valence-corrected chi connectivity index (χ4v) is 3.03. The van der Waals surface area contributed by atoms with E-state index in [1.54, 1.807) is 0 Å².